The number of para-hydroxylation sites is 1. The minimum absolute atomic E-state index is 0. The van der Waals surface area contributed by atoms with E-state index >= 15 is 0 Å². The molecule has 0 amide bonds. The first-order valence-corrected chi connectivity index (χ1v) is 10.4. The molecule has 0 heterocycles. The molecule has 2 N–H and O–H groups in total. The van der Waals surface area contributed by atoms with Gasteiger partial charge in [0.25, 0.3) is 5.69 Å². The minimum atomic E-state index is -0.402. The minimum Gasteiger partial charge on any atom is -0.496 e. The first kappa shape index (κ1) is 25.0. The van der Waals surface area contributed by atoms with Gasteiger partial charge >= 0.3 is 0 Å². The zero-order valence-electron chi connectivity index (χ0n) is 16.6. The monoisotopic (exact) mass is 530 g/mol. The Bertz CT molecular complexity index is 788. The number of nitro benzene ring substituents is 1. The standard InChI is InChI=1S/C20H26N4O3S.HI/c1-27-19-7-4-3-6-17(19)15-23-20(21-12-5-13-28-2)22-14-16-8-10-18(11-9-16)24(25)26;/h3-4,6-11H,5,12-15H2,1-2H3,(H2,21,22,23);1H. The number of nitrogens with one attached hydrogen (secondary N) is 2. The van der Waals surface area contributed by atoms with Crippen LogP contribution in [0.5, 0.6) is 5.75 Å². The van der Waals surface area contributed by atoms with Crippen molar-refractivity contribution in [1.29, 1.82) is 0 Å². The van der Waals surface area contributed by atoms with Gasteiger partial charge in [-0.15, -0.1) is 24.0 Å². The van der Waals surface area contributed by atoms with Gasteiger partial charge in [-0.2, -0.15) is 11.8 Å². The molecule has 0 spiro atoms. The first-order chi connectivity index (χ1) is 13.6. The summed E-state index contributed by atoms with van der Waals surface area (Å²) in [4.78, 5) is 15.0. The van der Waals surface area contributed by atoms with E-state index in [2.05, 4.69) is 21.9 Å². The fourth-order valence-electron chi connectivity index (χ4n) is 2.52. The van der Waals surface area contributed by atoms with E-state index in [0.29, 0.717) is 19.0 Å². The van der Waals surface area contributed by atoms with E-state index in [0.717, 1.165) is 35.6 Å². The second-order valence-corrected chi connectivity index (χ2v) is 7.01. The highest BCUT2D eigenvalue weighted by Gasteiger charge is 2.06. The molecule has 0 unspecified atom stereocenters. The van der Waals surface area contributed by atoms with Crippen LogP contribution in [0.3, 0.4) is 0 Å². The summed E-state index contributed by atoms with van der Waals surface area (Å²) in [6.45, 7) is 1.83. The third-order valence-electron chi connectivity index (χ3n) is 4.02. The molecule has 158 valence electrons. The van der Waals surface area contributed by atoms with Gasteiger partial charge in [0.1, 0.15) is 5.75 Å². The van der Waals surface area contributed by atoms with Gasteiger partial charge in [0.2, 0.25) is 0 Å². The summed E-state index contributed by atoms with van der Waals surface area (Å²) in [7, 11) is 1.66. The Kier molecular flexibility index (Phi) is 12.1. The summed E-state index contributed by atoms with van der Waals surface area (Å²) < 4.78 is 5.39. The summed E-state index contributed by atoms with van der Waals surface area (Å²) >= 11 is 1.81. The van der Waals surface area contributed by atoms with Crippen LogP contribution in [-0.4, -0.2) is 36.5 Å². The molecule has 29 heavy (non-hydrogen) atoms. The molecule has 2 rings (SSSR count). The lowest BCUT2D eigenvalue weighted by Gasteiger charge is -2.14. The number of nitrogens with zero attached hydrogens (tertiary/aromatic N) is 2. The van der Waals surface area contributed by atoms with Crippen LogP contribution >= 0.6 is 35.7 Å². The zero-order chi connectivity index (χ0) is 20.2. The maximum Gasteiger partial charge on any atom is 0.269 e. The molecule has 2 aromatic rings. The van der Waals surface area contributed by atoms with Gasteiger partial charge in [0.15, 0.2) is 5.96 Å². The van der Waals surface area contributed by atoms with Crippen molar-refractivity contribution in [3.8, 4) is 5.75 Å². The molecule has 0 atom stereocenters. The van der Waals surface area contributed by atoms with E-state index in [1.807, 2.05) is 36.0 Å². The maximum absolute atomic E-state index is 10.8. The third kappa shape index (κ3) is 8.90. The molecule has 2 aromatic carbocycles. The van der Waals surface area contributed by atoms with Crippen molar-refractivity contribution >= 4 is 47.4 Å². The molecule has 0 radical (unpaired) electrons. The van der Waals surface area contributed by atoms with Crippen molar-refractivity contribution in [3.05, 3.63) is 69.8 Å². The van der Waals surface area contributed by atoms with Crippen LogP contribution in [0.2, 0.25) is 0 Å². The number of nitro groups is 1. The van der Waals surface area contributed by atoms with E-state index in [9.17, 15) is 10.1 Å². The number of methoxy groups -OCH3 is 1. The van der Waals surface area contributed by atoms with Crippen molar-refractivity contribution in [2.24, 2.45) is 4.99 Å². The number of thioether (sulfide) groups is 1. The Morgan fingerprint density at radius 3 is 2.55 bits per heavy atom. The molecular formula is C20H27IN4O3S. The van der Waals surface area contributed by atoms with Gasteiger partial charge in [-0.1, -0.05) is 30.3 Å². The lowest BCUT2D eigenvalue weighted by molar-refractivity contribution is -0.384. The first-order valence-electron chi connectivity index (χ1n) is 9.00. The Hall–Kier alpha value is -2.01. The molecule has 0 aliphatic rings. The highest BCUT2D eigenvalue weighted by Crippen LogP contribution is 2.16. The van der Waals surface area contributed by atoms with Crippen molar-refractivity contribution < 1.29 is 9.66 Å². The van der Waals surface area contributed by atoms with Gasteiger partial charge in [-0.05, 0) is 30.1 Å². The van der Waals surface area contributed by atoms with Crippen LogP contribution in [0, 0.1) is 10.1 Å². The van der Waals surface area contributed by atoms with Gasteiger partial charge in [0, 0.05) is 30.8 Å². The SMILES string of the molecule is COc1ccccc1CNC(=NCc1ccc([N+](=O)[O-])cc1)NCCCSC.I. The molecule has 0 saturated heterocycles. The number of aliphatic imine (C=N–C) groups is 1. The van der Waals surface area contributed by atoms with Crippen LogP contribution < -0.4 is 15.4 Å². The number of hydrogen-bond donors (Lipinski definition) is 2. The molecule has 0 saturated carbocycles. The van der Waals surface area contributed by atoms with Crippen molar-refractivity contribution in [3.63, 3.8) is 0 Å². The summed E-state index contributed by atoms with van der Waals surface area (Å²) in [6, 6.07) is 14.3. The molecular weight excluding hydrogens is 503 g/mol. The van der Waals surface area contributed by atoms with Crippen LogP contribution in [0.4, 0.5) is 5.69 Å². The molecule has 0 aromatic heterocycles. The highest BCUT2D eigenvalue weighted by molar-refractivity contribution is 14.0. The molecule has 0 fully saturated rings. The predicted octanol–water partition coefficient (Wildman–Crippen LogP) is 4.21. The Morgan fingerprint density at radius 1 is 1.17 bits per heavy atom. The molecule has 0 bridgehead atoms. The average Bonchev–Trinajstić information content (AvgIpc) is 2.73. The highest BCUT2D eigenvalue weighted by atomic mass is 127. The summed E-state index contributed by atoms with van der Waals surface area (Å²) in [6.07, 6.45) is 3.12. The molecule has 9 heteroatoms. The molecule has 7 nitrogen and oxygen atoms in total. The van der Waals surface area contributed by atoms with Crippen molar-refractivity contribution in [2.75, 3.05) is 25.7 Å². The quantitative estimate of drug-likeness (QED) is 0.120. The fraction of sp³-hybridized carbons (Fsp3) is 0.350. The summed E-state index contributed by atoms with van der Waals surface area (Å²) in [5.41, 5.74) is 2.03. The van der Waals surface area contributed by atoms with E-state index in [1.54, 1.807) is 19.2 Å². The van der Waals surface area contributed by atoms with Crippen LogP contribution in [-0.2, 0) is 13.1 Å². The van der Waals surface area contributed by atoms with Gasteiger partial charge in [0.05, 0.1) is 18.6 Å². The van der Waals surface area contributed by atoms with E-state index in [4.69, 9.17) is 4.74 Å². The fourth-order valence-corrected chi connectivity index (χ4v) is 2.95. The smallest absolute Gasteiger partial charge is 0.269 e. The predicted molar refractivity (Wildman–Crippen MR) is 130 cm³/mol. The Labute approximate surface area is 192 Å². The number of rotatable bonds is 10. The average molecular weight is 530 g/mol. The van der Waals surface area contributed by atoms with Gasteiger partial charge in [-0.3, -0.25) is 10.1 Å². The van der Waals surface area contributed by atoms with Gasteiger partial charge < -0.3 is 15.4 Å². The number of ether oxygens (including phenoxy) is 1. The van der Waals surface area contributed by atoms with E-state index < -0.39 is 4.92 Å². The lowest BCUT2D eigenvalue weighted by atomic mass is 10.2. The second kappa shape index (κ2) is 14.0. The molecule has 0 aliphatic heterocycles. The maximum atomic E-state index is 10.8. The van der Waals surface area contributed by atoms with Crippen LogP contribution in [0.25, 0.3) is 0 Å². The third-order valence-corrected chi connectivity index (χ3v) is 4.72. The summed E-state index contributed by atoms with van der Waals surface area (Å²) in [5, 5.41) is 17.4. The Balaban J connectivity index is 0.00000420. The number of hydrogen-bond acceptors (Lipinski definition) is 5. The van der Waals surface area contributed by atoms with Gasteiger partial charge in [-0.25, -0.2) is 4.99 Å². The second-order valence-electron chi connectivity index (χ2n) is 6.03. The lowest BCUT2D eigenvalue weighted by Crippen LogP contribution is -2.37. The number of non-ortho nitro benzene ring substituents is 1. The normalized spacial score (nSPS) is 10.8. The number of halogens is 1. The zero-order valence-corrected chi connectivity index (χ0v) is 19.7. The summed E-state index contributed by atoms with van der Waals surface area (Å²) in [5.74, 6) is 2.60. The molecule has 0 aliphatic carbocycles. The topological polar surface area (TPSA) is 88.8 Å². The largest absolute Gasteiger partial charge is 0.496 e. The number of guanidine groups is 1. The Morgan fingerprint density at radius 2 is 1.90 bits per heavy atom. The van der Waals surface area contributed by atoms with Crippen LogP contribution in [0.15, 0.2) is 53.5 Å². The number of benzene rings is 2. The van der Waals surface area contributed by atoms with Crippen molar-refractivity contribution in [2.45, 2.75) is 19.5 Å². The van der Waals surface area contributed by atoms with E-state index in [1.165, 1.54) is 12.1 Å². The van der Waals surface area contributed by atoms with Crippen molar-refractivity contribution in [1.82, 2.24) is 10.6 Å². The van der Waals surface area contributed by atoms with Crippen LogP contribution in [0.1, 0.15) is 17.5 Å². The van der Waals surface area contributed by atoms with E-state index in [-0.39, 0.29) is 29.7 Å².